The molecule has 1 fully saturated rings. The monoisotopic (exact) mass is 451 g/mol. The summed E-state index contributed by atoms with van der Waals surface area (Å²) in [6.45, 7) is 8.22. The highest BCUT2D eigenvalue weighted by Gasteiger charge is 2.27. The van der Waals surface area contributed by atoms with Crippen molar-refractivity contribution in [3.05, 3.63) is 30.2 Å². The Balaban J connectivity index is 1.70. The zero-order valence-corrected chi connectivity index (χ0v) is 20.1. The van der Waals surface area contributed by atoms with E-state index in [9.17, 15) is 0 Å². The van der Waals surface area contributed by atoms with Gasteiger partial charge in [-0.1, -0.05) is 0 Å². The molecule has 1 atom stereocenters. The molecule has 0 aromatic carbocycles. The molecule has 32 heavy (non-hydrogen) atoms. The van der Waals surface area contributed by atoms with Crippen LogP contribution in [0.15, 0.2) is 24.7 Å². The van der Waals surface area contributed by atoms with Crippen molar-refractivity contribution >= 4 is 27.4 Å². The minimum absolute atomic E-state index is 0.213. The minimum Gasteiger partial charge on any atom is -0.380 e. The van der Waals surface area contributed by atoms with Gasteiger partial charge in [-0.2, -0.15) is 5.10 Å². The Bertz CT molecular complexity index is 1250. The van der Waals surface area contributed by atoms with Gasteiger partial charge in [0.25, 0.3) is 0 Å². The number of thiophene rings is 1. The summed E-state index contributed by atoms with van der Waals surface area (Å²) in [7, 11) is 3.77. The summed E-state index contributed by atoms with van der Waals surface area (Å²) in [5.74, 6) is 2.39. The van der Waals surface area contributed by atoms with E-state index >= 15 is 0 Å². The van der Waals surface area contributed by atoms with Crippen molar-refractivity contribution in [2.24, 2.45) is 7.05 Å². The largest absolute Gasteiger partial charge is 0.380 e. The lowest BCUT2D eigenvalue weighted by Crippen LogP contribution is -2.39. The molecule has 4 aromatic heterocycles. The van der Waals surface area contributed by atoms with Crippen LogP contribution in [0.25, 0.3) is 32.4 Å². The van der Waals surface area contributed by atoms with Crippen molar-refractivity contribution < 1.29 is 4.74 Å². The number of aromatic nitrogens is 6. The molecule has 0 radical (unpaired) electrons. The third-order valence-corrected chi connectivity index (χ3v) is 7.38. The second kappa shape index (κ2) is 8.29. The van der Waals surface area contributed by atoms with E-state index in [1.807, 2.05) is 28.7 Å². The molecule has 1 aliphatic rings. The Morgan fingerprint density at radius 1 is 1.22 bits per heavy atom. The summed E-state index contributed by atoms with van der Waals surface area (Å²) in [4.78, 5) is 19.0. The molecule has 4 aromatic rings. The second-order valence-electron chi connectivity index (χ2n) is 8.69. The third kappa shape index (κ3) is 3.59. The van der Waals surface area contributed by atoms with Crippen LogP contribution in [0.3, 0.4) is 0 Å². The molecule has 9 heteroatoms. The fraction of sp³-hybridized carbons (Fsp3) is 0.478. The summed E-state index contributed by atoms with van der Waals surface area (Å²) in [6, 6.07) is 2.41. The molecule has 8 nitrogen and oxygen atoms in total. The average Bonchev–Trinajstić information content (AvgIpc) is 3.52. The van der Waals surface area contributed by atoms with E-state index in [4.69, 9.17) is 19.8 Å². The molecule has 0 spiro atoms. The van der Waals surface area contributed by atoms with Crippen molar-refractivity contribution in [2.75, 3.05) is 25.1 Å². The molecule has 1 saturated heterocycles. The number of hydrogen-bond donors (Lipinski definition) is 0. The summed E-state index contributed by atoms with van der Waals surface area (Å²) in [5.41, 5.74) is 2.16. The highest BCUT2D eigenvalue weighted by atomic mass is 32.1. The van der Waals surface area contributed by atoms with Gasteiger partial charge in [0.1, 0.15) is 16.3 Å². The standard InChI is InChI=1S/C23H29N7OS/c1-14(2)30-11-8-17(27-30)19-15(3)18-21(29-10-6-7-16(13-29)31-5)25-20(26-23(18)32-19)22-24-9-12-28(22)4/h8-9,11-12,14,16H,6-7,10,13H2,1-5H3/t16-/m0/s1. The lowest BCUT2D eigenvalue weighted by molar-refractivity contribution is 0.0892. The molecular formula is C23H29N7OS. The van der Waals surface area contributed by atoms with Gasteiger partial charge in [-0.15, -0.1) is 11.3 Å². The highest BCUT2D eigenvalue weighted by Crippen LogP contribution is 2.42. The lowest BCUT2D eigenvalue weighted by Gasteiger charge is -2.33. The Morgan fingerprint density at radius 3 is 2.75 bits per heavy atom. The number of rotatable bonds is 5. The van der Waals surface area contributed by atoms with E-state index in [1.54, 1.807) is 24.6 Å². The van der Waals surface area contributed by atoms with Crippen LogP contribution in [0, 0.1) is 6.92 Å². The van der Waals surface area contributed by atoms with Gasteiger partial charge in [0, 0.05) is 51.9 Å². The number of ether oxygens (including phenoxy) is 1. The fourth-order valence-corrected chi connectivity index (χ4v) is 5.48. The smallest absolute Gasteiger partial charge is 0.199 e. The van der Waals surface area contributed by atoms with Crippen LogP contribution < -0.4 is 4.90 Å². The normalized spacial score (nSPS) is 17.1. The molecule has 0 unspecified atom stereocenters. The predicted octanol–water partition coefficient (Wildman–Crippen LogP) is 4.46. The van der Waals surface area contributed by atoms with Gasteiger partial charge in [-0.3, -0.25) is 4.68 Å². The molecule has 0 amide bonds. The summed E-state index contributed by atoms with van der Waals surface area (Å²) in [6.07, 6.45) is 8.13. The van der Waals surface area contributed by atoms with E-state index in [2.05, 4.69) is 36.7 Å². The molecule has 0 aliphatic carbocycles. The number of aryl methyl sites for hydroxylation is 2. The first kappa shape index (κ1) is 21.1. The molecule has 0 saturated carbocycles. The van der Waals surface area contributed by atoms with Crippen LogP contribution in [0.5, 0.6) is 0 Å². The van der Waals surface area contributed by atoms with E-state index in [0.717, 1.165) is 58.4 Å². The number of hydrogen-bond acceptors (Lipinski definition) is 7. The number of methoxy groups -OCH3 is 1. The van der Waals surface area contributed by atoms with Crippen molar-refractivity contribution in [3.8, 4) is 22.2 Å². The van der Waals surface area contributed by atoms with Crippen LogP contribution in [-0.2, 0) is 11.8 Å². The van der Waals surface area contributed by atoms with Crippen molar-refractivity contribution in [1.29, 1.82) is 0 Å². The lowest BCUT2D eigenvalue weighted by atomic mass is 10.1. The van der Waals surface area contributed by atoms with Crippen LogP contribution in [0.1, 0.15) is 38.3 Å². The van der Waals surface area contributed by atoms with Crippen LogP contribution in [0.2, 0.25) is 0 Å². The van der Waals surface area contributed by atoms with E-state index in [-0.39, 0.29) is 6.10 Å². The SMILES string of the molecule is CO[C@H]1CCCN(c2nc(-c3nccn3C)nc3sc(-c4ccn(C(C)C)n4)c(C)c23)C1. The van der Waals surface area contributed by atoms with Crippen LogP contribution in [0.4, 0.5) is 5.82 Å². The van der Waals surface area contributed by atoms with Crippen molar-refractivity contribution in [2.45, 2.75) is 45.8 Å². The first-order valence-corrected chi connectivity index (χ1v) is 11.9. The third-order valence-electron chi connectivity index (χ3n) is 6.17. The highest BCUT2D eigenvalue weighted by molar-refractivity contribution is 7.22. The number of anilines is 1. The maximum Gasteiger partial charge on any atom is 0.199 e. The topological polar surface area (TPSA) is 73.9 Å². The average molecular weight is 452 g/mol. The van der Waals surface area contributed by atoms with E-state index < -0.39 is 0 Å². The van der Waals surface area contributed by atoms with Gasteiger partial charge in [-0.05, 0) is 45.2 Å². The molecule has 5 heterocycles. The maximum absolute atomic E-state index is 5.69. The number of fused-ring (bicyclic) bond motifs is 1. The first-order chi connectivity index (χ1) is 15.5. The Labute approximate surface area is 191 Å². The Kier molecular flexibility index (Phi) is 5.46. The summed E-state index contributed by atoms with van der Waals surface area (Å²) < 4.78 is 9.66. The van der Waals surface area contributed by atoms with Crippen molar-refractivity contribution in [3.63, 3.8) is 0 Å². The molecule has 0 bridgehead atoms. The quantitative estimate of drug-likeness (QED) is 0.446. The van der Waals surface area contributed by atoms with E-state index in [0.29, 0.717) is 11.9 Å². The van der Waals surface area contributed by atoms with Crippen LogP contribution in [-0.4, -0.2) is 55.6 Å². The first-order valence-electron chi connectivity index (χ1n) is 11.1. The fourth-order valence-electron chi connectivity index (χ4n) is 4.34. The number of nitrogens with zero attached hydrogens (tertiary/aromatic N) is 7. The maximum atomic E-state index is 5.69. The second-order valence-corrected chi connectivity index (χ2v) is 9.69. The Morgan fingerprint density at radius 2 is 2.06 bits per heavy atom. The van der Waals surface area contributed by atoms with Crippen LogP contribution >= 0.6 is 11.3 Å². The zero-order valence-electron chi connectivity index (χ0n) is 19.2. The Hall–Kier alpha value is -2.78. The molecular weight excluding hydrogens is 422 g/mol. The number of imidazole rings is 1. The predicted molar refractivity (Wildman–Crippen MR) is 128 cm³/mol. The summed E-state index contributed by atoms with van der Waals surface area (Å²) >= 11 is 1.68. The van der Waals surface area contributed by atoms with Gasteiger partial charge in [0.15, 0.2) is 11.6 Å². The number of piperidine rings is 1. The zero-order chi connectivity index (χ0) is 22.4. The van der Waals surface area contributed by atoms with Crippen molar-refractivity contribution in [1.82, 2.24) is 29.3 Å². The van der Waals surface area contributed by atoms with Gasteiger partial charge < -0.3 is 14.2 Å². The molecule has 1 aliphatic heterocycles. The van der Waals surface area contributed by atoms with Gasteiger partial charge in [0.2, 0.25) is 0 Å². The molecule has 168 valence electrons. The van der Waals surface area contributed by atoms with E-state index in [1.165, 1.54) is 5.56 Å². The van der Waals surface area contributed by atoms with Gasteiger partial charge >= 0.3 is 0 Å². The minimum atomic E-state index is 0.213. The molecule has 0 N–H and O–H groups in total. The summed E-state index contributed by atoms with van der Waals surface area (Å²) in [5, 5.41) is 5.93. The van der Waals surface area contributed by atoms with Gasteiger partial charge in [0.05, 0.1) is 16.4 Å². The van der Waals surface area contributed by atoms with Gasteiger partial charge in [-0.25, -0.2) is 15.0 Å². The molecule has 5 rings (SSSR count).